The van der Waals surface area contributed by atoms with Crippen LogP contribution in [0.2, 0.25) is 0 Å². The van der Waals surface area contributed by atoms with Gasteiger partial charge in [0.15, 0.2) is 0 Å². The molecule has 13 heteroatoms. The van der Waals surface area contributed by atoms with E-state index in [1.807, 2.05) is 39.8 Å². The van der Waals surface area contributed by atoms with Gasteiger partial charge < -0.3 is 20.9 Å². The van der Waals surface area contributed by atoms with E-state index >= 15 is 0 Å². The lowest BCUT2D eigenvalue weighted by molar-refractivity contribution is -0.116. The van der Waals surface area contributed by atoms with Gasteiger partial charge in [0.05, 0.1) is 11.5 Å². The van der Waals surface area contributed by atoms with Gasteiger partial charge in [0, 0.05) is 30.7 Å². The van der Waals surface area contributed by atoms with Crippen molar-refractivity contribution >= 4 is 35.5 Å². The van der Waals surface area contributed by atoms with E-state index in [9.17, 15) is 21.6 Å². The van der Waals surface area contributed by atoms with E-state index in [0.717, 1.165) is 11.1 Å². The van der Waals surface area contributed by atoms with E-state index in [1.165, 1.54) is 11.9 Å². The number of carbonyl (C=O) groups is 1. The minimum absolute atomic E-state index is 0. The van der Waals surface area contributed by atoms with Gasteiger partial charge in [-0.3, -0.25) is 0 Å². The zero-order chi connectivity index (χ0) is 29.5. The molecule has 10 nitrogen and oxygen atoms in total. The Bertz CT molecular complexity index is 1050. The molecule has 0 bridgehead atoms. The number of hydrogen-bond acceptors (Lipinski definition) is 9. The minimum Gasteiger partial charge on any atom is -0.326 e. The van der Waals surface area contributed by atoms with E-state index in [0.29, 0.717) is 30.5 Å². The van der Waals surface area contributed by atoms with Crippen molar-refractivity contribution in [2.24, 2.45) is 5.73 Å². The maximum absolute atomic E-state index is 10.9. The molecule has 0 heterocycles. The summed E-state index contributed by atoms with van der Waals surface area (Å²) in [5, 5.41) is 15.6. The lowest BCUT2D eigenvalue weighted by atomic mass is 10.1. The molecule has 0 radical (unpaired) electrons. The Morgan fingerprint density at radius 1 is 0.795 bits per heavy atom. The van der Waals surface area contributed by atoms with E-state index in [1.54, 1.807) is 48.8 Å². The Morgan fingerprint density at radius 2 is 1.13 bits per heavy atom. The van der Waals surface area contributed by atoms with Gasteiger partial charge >= 0.3 is 0 Å². The van der Waals surface area contributed by atoms with Crippen LogP contribution in [0.4, 0.5) is 0 Å². The summed E-state index contributed by atoms with van der Waals surface area (Å²) in [7, 11) is -0.547. The van der Waals surface area contributed by atoms with Gasteiger partial charge in [-0.25, -0.2) is 22.3 Å². The molecule has 0 saturated heterocycles. The highest BCUT2D eigenvalue weighted by Crippen LogP contribution is 2.12. The van der Waals surface area contributed by atoms with Gasteiger partial charge in [0.1, 0.15) is 5.78 Å². The molecule has 6 N–H and O–H groups in total. The van der Waals surface area contributed by atoms with E-state index in [-0.39, 0.29) is 32.1 Å². The van der Waals surface area contributed by atoms with Gasteiger partial charge in [-0.2, -0.15) is 0 Å². The SMILES string of the molecule is C.C.CC.CC.CC(=O)CCc1ccc(CS(=O)(=O)Cl)cc1.CNO.NCc1ccc(CS(=O)(=O)NO)cc1. The van der Waals surface area contributed by atoms with Gasteiger partial charge in [0.2, 0.25) is 19.1 Å². The standard InChI is InChI=1S/C11H13ClO3S.C8H12N2O3S.2C2H6.CH5NO.2CH4/c1-9(13)2-3-10-4-6-11(7-5-10)8-16(12,14)15;9-5-7-1-3-8(4-2-7)6-14(12,13)10-11;2*1-2;1-2-3;;/h4-7H,2-3,8H2,1H3;1-4,10-11H,5-6,9H2;2*1-2H3;2-3H,1H3;2*1H4. The van der Waals surface area contributed by atoms with Gasteiger partial charge in [-0.1, -0.05) is 96.0 Å². The number of halogens is 1. The summed E-state index contributed by atoms with van der Waals surface area (Å²) in [6, 6.07) is 13.9. The molecule has 2 aromatic rings. The molecule has 0 aliphatic rings. The minimum atomic E-state index is -3.62. The highest BCUT2D eigenvalue weighted by molar-refractivity contribution is 8.13. The molecule has 0 fully saturated rings. The number of carbonyl (C=O) groups excluding carboxylic acids is 1. The predicted molar refractivity (Wildman–Crippen MR) is 163 cm³/mol. The molecule has 0 spiro atoms. The zero-order valence-corrected chi connectivity index (χ0v) is 24.8. The Kier molecular flexibility index (Phi) is 33.3. The lowest BCUT2D eigenvalue weighted by Crippen LogP contribution is -2.21. The van der Waals surface area contributed by atoms with Crippen LogP contribution in [0.5, 0.6) is 0 Å². The maximum atomic E-state index is 10.9. The number of benzene rings is 2. The number of aryl methyl sites for hydroxylation is 1. The Morgan fingerprint density at radius 3 is 1.44 bits per heavy atom. The zero-order valence-electron chi connectivity index (χ0n) is 22.4. The first-order chi connectivity index (χ1) is 17.4. The summed E-state index contributed by atoms with van der Waals surface area (Å²) < 4.78 is 43.5. The quantitative estimate of drug-likeness (QED) is 0.188. The maximum Gasteiger partial charge on any atom is 0.237 e. The van der Waals surface area contributed by atoms with E-state index in [2.05, 4.69) is 0 Å². The van der Waals surface area contributed by atoms with Crippen LogP contribution in [0.1, 0.15) is 78.1 Å². The van der Waals surface area contributed by atoms with Crippen molar-refractivity contribution in [1.82, 2.24) is 10.4 Å². The first-order valence-corrected chi connectivity index (χ1v) is 15.7. The van der Waals surface area contributed by atoms with Crippen LogP contribution in [-0.2, 0) is 48.3 Å². The van der Waals surface area contributed by atoms with E-state index in [4.69, 9.17) is 26.8 Å². The smallest absolute Gasteiger partial charge is 0.237 e. The molecule has 2 rings (SSSR count). The number of nitrogens with one attached hydrogen (secondary N) is 2. The lowest BCUT2D eigenvalue weighted by Gasteiger charge is -2.02. The third-order valence-corrected chi connectivity index (χ3v) is 5.88. The number of rotatable bonds is 9. The van der Waals surface area contributed by atoms with Crippen molar-refractivity contribution in [1.29, 1.82) is 0 Å². The number of nitrogens with two attached hydrogens (primary N) is 1. The average molecular weight is 616 g/mol. The second kappa shape index (κ2) is 27.7. The van der Waals surface area contributed by atoms with Gasteiger partial charge in [-0.15, -0.1) is 0 Å². The van der Waals surface area contributed by atoms with Crippen LogP contribution < -0.4 is 16.1 Å². The molecular weight excluding hydrogens is 566 g/mol. The molecule has 230 valence electrons. The molecule has 0 aromatic heterocycles. The Balaban J connectivity index is -0.000000155. The molecule has 0 aliphatic carbocycles. The van der Waals surface area contributed by atoms with Crippen LogP contribution in [0.25, 0.3) is 0 Å². The monoisotopic (exact) mass is 615 g/mol. The van der Waals surface area contributed by atoms with Crippen LogP contribution in [0.3, 0.4) is 0 Å². The average Bonchev–Trinajstić information content (AvgIpc) is 2.86. The second-order valence-electron chi connectivity index (χ2n) is 6.80. The van der Waals surface area contributed by atoms with Crippen LogP contribution in [-0.4, -0.2) is 40.1 Å². The highest BCUT2D eigenvalue weighted by atomic mass is 35.7. The highest BCUT2D eigenvalue weighted by Gasteiger charge is 2.09. The number of Topliss-reactive ketones (excluding diaryl/α,β-unsaturated/α-hetero) is 1. The molecule has 0 atom stereocenters. The summed E-state index contributed by atoms with van der Waals surface area (Å²) in [5.74, 6) is -0.261. The van der Waals surface area contributed by atoms with Crippen LogP contribution >= 0.6 is 10.7 Å². The molecule has 2 aromatic carbocycles. The molecule has 0 amide bonds. The summed E-state index contributed by atoms with van der Waals surface area (Å²) in [5.41, 5.74) is 10.3. The molecule has 39 heavy (non-hydrogen) atoms. The van der Waals surface area contributed by atoms with Crippen LogP contribution in [0, 0.1) is 0 Å². The molecule has 0 aliphatic heterocycles. The van der Waals surface area contributed by atoms with Gasteiger partial charge in [-0.05, 0) is 35.6 Å². The first kappa shape index (κ1) is 46.9. The van der Waals surface area contributed by atoms with Crippen molar-refractivity contribution in [3.8, 4) is 0 Å². The third-order valence-electron chi connectivity index (χ3n) is 3.88. The van der Waals surface area contributed by atoms with Crippen molar-refractivity contribution in [2.75, 3.05) is 7.05 Å². The first-order valence-electron chi connectivity index (χ1n) is 11.6. The molecular formula is C26H50ClN3O7S2. The van der Waals surface area contributed by atoms with Crippen LogP contribution in [0.15, 0.2) is 48.5 Å². The fourth-order valence-electron chi connectivity index (χ4n) is 2.34. The number of sulfonamides is 1. The Hall–Kier alpha value is -1.90. The summed E-state index contributed by atoms with van der Waals surface area (Å²) >= 11 is 0. The second-order valence-corrected chi connectivity index (χ2v) is 11.3. The third kappa shape index (κ3) is 28.9. The summed E-state index contributed by atoms with van der Waals surface area (Å²) in [4.78, 5) is 12.0. The van der Waals surface area contributed by atoms with Crippen molar-refractivity contribution in [2.45, 2.75) is 80.4 Å². The van der Waals surface area contributed by atoms with Crippen molar-refractivity contribution in [3.63, 3.8) is 0 Å². The predicted octanol–water partition coefficient (Wildman–Crippen LogP) is 5.15. The normalized spacial score (nSPS) is 9.59. The fourth-order valence-corrected chi connectivity index (χ4v) is 4.01. The van der Waals surface area contributed by atoms with Gasteiger partial charge in [0.25, 0.3) is 0 Å². The molecule has 0 unspecified atom stereocenters. The van der Waals surface area contributed by atoms with E-state index < -0.39 is 19.1 Å². The summed E-state index contributed by atoms with van der Waals surface area (Å²) in [6.07, 6.45) is 1.19. The summed E-state index contributed by atoms with van der Waals surface area (Å²) in [6.45, 7) is 9.97. The number of hydroxylamine groups is 1. The van der Waals surface area contributed by atoms with Crippen molar-refractivity contribution < 1.29 is 32.0 Å². The Labute approximate surface area is 241 Å². The number of ketones is 1. The molecule has 0 saturated carbocycles. The topological polar surface area (TPSA) is 176 Å². The largest absolute Gasteiger partial charge is 0.326 e. The fraction of sp³-hybridized carbons (Fsp3) is 0.500. The number of hydrogen-bond donors (Lipinski definition) is 5. The van der Waals surface area contributed by atoms with Crippen molar-refractivity contribution in [3.05, 3.63) is 70.8 Å².